The first kappa shape index (κ1) is 16.0. The number of benzene rings is 2. The zero-order valence-electron chi connectivity index (χ0n) is 12.0. The average Bonchev–Trinajstić information content (AvgIpc) is 2.59. The van der Waals surface area contributed by atoms with E-state index in [2.05, 4.69) is 5.32 Å². The number of ether oxygens (including phenoxy) is 1. The minimum Gasteiger partial charge on any atom is -0.445 e. The molecule has 0 radical (unpaired) electrons. The van der Waals surface area contributed by atoms with Crippen LogP contribution in [0.5, 0.6) is 0 Å². The Morgan fingerprint density at radius 3 is 2.65 bits per heavy atom. The lowest BCUT2D eigenvalue weighted by molar-refractivity contribution is -0.384. The number of nitriles is 1. The quantitative estimate of drug-likeness (QED) is 0.674. The Hall–Kier alpha value is -3.40. The maximum atomic E-state index is 11.8. The van der Waals surface area contributed by atoms with Gasteiger partial charge in [0, 0.05) is 12.1 Å². The van der Waals surface area contributed by atoms with Crippen LogP contribution in [0.1, 0.15) is 17.2 Å². The van der Waals surface area contributed by atoms with E-state index in [1.165, 1.54) is 24.3 Å². The maximum Gasteiger partial charge on any atom is 0.408 e. The number of amides is 1. The predicted molar refractivity (Wildman–Crippen MR) is 81.2 cm³/mol. The Kier molecular flexibility index (Phi) is 5.25. The van der Waals surface area contributed by atoms with Crippen molar-refractivity contribution in [2.24, 2.45) is 0 Å². The SMILES string of the molecule is N#CC(NC(=O)OCc1ccccc1)c1cccc([N+](=O)[O-])c1. The molecule has 0 heterocycles. The minimum atomic E-state index is -1.03. The van der Waals surface area contributed by atoms with E-state index in [9.17, 15) is 14.9 Å². The van der Waals surface area contributed by atoms with Crippen molar-refractivity contribution in [2.45, 2.75) is 12.6 Å². The van der Waals surface area contributed by atoms with E-state index in [-0.39, 0.29) is 12.3 Å². The van der Waals surface area contributed by atoms with Gasteiger partial charge in [0.2, 0.25) is 0 Å². The van der Waals surface area contributed by atoms with Crippen molar-refractivity contribution in [2.75, 3.05) is 0 Å². The van der Waals surface area contributed by atoms with Crippen molar-refractivity contribution >= 4 is 11.8 Å². The minimum absolute atomic E-state index is 0.0692. The van der Waals surface area contributed by atoms with E-state index >= 15 is 0 Å². The third-order valence-electron chi connectivity index (χ3n) is 3.02. The largest absolute Gasteiger partial charge is 0.445 e. The van der Waals surface area contributed by atoms with Gasteiger partial charge in [-0.2, -0.15) is 5.26 Å². The van der Waals surface area contributed by atoms with Gasteiger partial charge in [-0.1, -0.05) is 42.5 Å². The normalized spacial score (nSPS) is 11.1. The highest BCUT2D eigenvalue weighted by Gasteiger charge is 2.17. The summed E-state index contributed by atoms with van der Waals surface area (Å²) in [4.78, 5) is 22.0. The smallest absolute Gasteiger partial charge is 0.408 e. The second-order valence-corrected chi connectivity index (χ2v) is 4.62. The molecule has 23 heavy (non-hydrogen) atoms. The van der Waals surface area contributed by atoms with E-state index < -0.39 is 17.1 Å². The van der Waals surface area contributed by atoms with Crippen LogP contribution in [0.15, 0.2) is 54.6 Å². The Morgan fingerprint density at radius 1 is 1.26 bits per heavy atom. The van der Waals surface area contributed by atoms with Crippen LogP contribution in [0.3, 0.4) is 0 Å². The van der Waals surface area contributed by atoms with E-state index in [0.717, 1.165) is 5.56 Å². The molecule has 2 aromatic rings. The van der Waals surface area contributed by atoms with Crippen LogP contribution in [-0.4, -0.2) is 11.0 Å². The Labute approximate surface area is 132 Å². The lowest BCUT2D eigenvalue weighted by Gasteiger charge is -2.12. The third-order valence-corrected chi connectivity index (χ3v) is 3.02. The number of carbonyl (C=O) groups excluding carboxylic acids is 1. The van der Waals surface area contributed by atoms with Crippen molar-refractivity contribution in [3.05, 3.63) is 75.8 Å². The number of nitro groups is 1. The van der Waals surface area contributed by atoms with Crippen LogP contribution in [-0.2, 0) is 11.3 Å². The number of nitrogens with zero attached hydrogens (tertiary/aromatic N) is 2. The topological polar surface area (TPSA) is 105 Å². The average molecular weight is 311 g/mol. The number of hydrogen-bond acceptors (Lipinski definition) is 5. The summed E-state index contributed by atoms with van der Waals surface area (Å²) in [5.41, 5.74) is 0.979. The molecule has 1 atom stereocenters. The Balaban J connectivity index is 1.99. The molecule has 2 aromatic carbocycles. The van der Waals surface area contributed by atoms with Gasteiger partial charge in [0.05, 0.1) is 11.0 Å². The monoisotopic (exact) mass is 311 g/mol. The molecule has 0 aliphatic carbocycles. The number of carbonyl (C=O) groups is 1. The number of alkyl carbamates (subject to hydrolysis) is 1. The summed E-state index contributed by atoms with van der Waals surface area (Å²) in [5.74, 6) is 0. The van der Waals surface area contributed by atoms with Gasteiger partial charge in [-0.05, 0) is 11.1 Å². The lowest BCUT2D eigenvalue weighted by Crippen LogP contribution is -2.28. The summed E-state index contributed by atoms with van der Waals surface area (Å²) < 4.78 is 5.02. The molecular formula is C16H13N3O4. The molecule has 116 valence electrons. The molecule has 0 fully saturated rings. The molecule has 7 nitrogen and oxygen atoms in total. The first-order valence-corrected chi connectivity index (χ1v) is 6.71. The number of rotatable bonds is 5. The summed E-state index contributed by atoms with van der Waals surface area (Å²) in [7, 11) is 0. The van der Waals surface area contributed by atoms with Gasteiger partial charge in [-0.3, -0.25) is 10.1 Å². The molecule has 1 amide bonds. The van der Waals surface area contributed by atoms with Crippen molar-refractivity contribution in [3.63, 3.8) is 0 Å². The molecule has 0 aliphatic heterocycles. The molecule has 1 N–H and O–H groups in total. The fourth-order valence-corrected chi connectivity index (χ4v) is 1.89. The van der Waals surface area contributed by atoms with Crippen molar-refractivity contribution in [1.82, 2.24) is 5.32 Å². The molecular weight excluding hydrogens is 298 g/mol. The van der Waals surface area contributed by atoms with Gasteiger partial charge in [0.15, 0.2) is 0 Å². The zero-order chi connectivity index (χ0) is 16.7. The molecule has 0 aromatic heterocycles. The van der Waals surface area contributed by atoms with Crippen molar-refractivity contribution in [3.8, 4) is 6.07 Å². The summed E-state index contributed by atoms with van der Waals surface area (Å²) in [6.07, 6.45) is -0.771. The summed E-state index contributed by atoms with van der Waals surface area (Å²) in [5, 5.41) is 22.3. The Morgan fingerprint density at radius 2 is 2.00 bits per heavy atom. The highest BCUT2D eigenvalue weighted by molar-refractivity contribution is 5.68. The molecule has 7 heteroatoms. The van der Waals surface area contributed by atoms with Crippen LogP contribution in [0.4, 0.5) is 10.5 Å². The van der Waals surface area contributed by atoms with Gasteiger partial charge >= 0.3 is 6.09 Å². The molecule has 0 saturated heterocycles. The van der Waals surface area contributed by atoms with Gasteiger partial charge in [0.25, 0.3) is 5.69 Å². The fraction of sp³-hybridized carbons (Fsp3) is 0.125. The van der Waals surface area contributed by atoms with Crippen LogP contribution in [0.2, 0.25) is 0 Å². The van der Waals surface area contributed by atoms with E-state index in [0.29, 0.717) is 5.56 Å². The summed E-state index contributed by atoms with van der Waals surface area (Å²) in [6.45, 7) is 0.0692. The molecule has 0 spiro atoms. The van der Waals surface area contributed by atoms with Gasteiger partial charge in [0.1, 0.15) is 12.6 Å². The fourth-order valence-electron chi connectivity index (χ4n) is 1.89. The van der Waals surface area contributed by atoms with Crippen LogP contribution in [0, 0.1) is 21.4 Å². The number of nitrogens with one attached hydrogen (secondary N) is 1. The number of nitro benzene ring substituents is 1. The van der Waals surface area contributed by atoms with Crippen molar-refractivity contribution < 1.29 is 14.5 Å². The van der Waals surface area contributed by atoms with Crippen LogP contribution >= 0.6 is 0 Å². The summed E-state index contributed by atoms with van der Waals surface area (Å²) in [6, 6.07) is 15.5. The molecule has 2 rings (SSSR count). The van der Waals surface area contributed by atoms with Gasteiger partial charge in [-0.15, -0.1) is 0 Å². The second kappa shape index (κ2) is 7.56. The summed E-state index contributed by atoms with van der Waals surface area (Å²) >= 11 is 0. The molecule has 0 saturated carbocycles. The highest BCUT2D eigenvalue weighted by atomic mass is 16.6. The third kappa shape index (κ3) is 4.54. The second-order valence-electron chi connectivity index (χ2n) is 4.62. The Bertz CT molecular complexity index is 740. The standard InChI is InChI=1S/C16H13N3O4/c17-10-15(13-7-4-8-14(9-13)19(21)22)18-16(20)23-11-12-5-2-1-3-6-12/h1-9,15H,11H2,(H,18,20). The lowest BCUT2D eigenvalue weighted by atomic mass is 10.1. The first-order valence-electron chi connectivity index (χ1n) is 6.71. The van der Waals surface area contributed by atoms with Crippen LogP contribution in [0.25, 0.3) is 0 Å². The van der Waals surface area contributed by atoms with Crippen LogP contribution < -0.4 is 5.32 Å². The van der Waals surface area contributed by atoms with E-state index in [1.54, 1.807) is 12.1 Å². The zero-order valence-corrected chi connectivity index (χ0v) is 12.0. The first-order chi connectivity index (χ1) is 11.1. The van der Waals surface area contributed by atoms with Gasteiger partial charge in [-0.25, -0.2) is 4.79 Å². The molecule has 0 aliphatic rings. The predicted octanol–water partition coefficient (Wildman–Crippen LogP) is 3.09. The molecule has 1 unspecified atom stereocenters. The van der Waals surface area contributed by atoms with Gasteiger partial charge < -0.3 is 10.1 Å². The maximum absolute atomic E-state index is 11.8. The number of non-ortho nitro benzene ring substituents is 1. The van der Waals surface area contributed by atoms with Crippen molar-refractivity contribution in [1.29, 1.82) is 5.26 Å². The van der Waals surface area contributed by atoms with E-state index in [4.69, 9.17) is 10.00 Å². The molecule has 0 bridgehead atoms. The van der Waals surface area contributed by atoms with E-state index in [1.807, 2.05) is 24.3 Å². The highest BCUT2D eigenvalue weighted by Crippen LogP contribution is 2.19. The number of hydrogen-bond donors (Lipinski definition) is 1.